The first-order valence-electron chi connectivity index (χ1n) is 9.14. The van der Waals surface area contributed by atoms with Gasteiger partial charge in [0.15, 0.2) is 5.82 Å². The number of nitrogen functional groups attached to an aromatic ring is 1. The van der Waals surface area contributed by atoms with Gasteiger partial charge in [0.1, 0.15) is 17.7 Å². The monoisotopic (exact) mass is 403 g/mol. The molecule has 0 aliphatic carbocycles. The zero-order valence-electron chi connectivity index (χ0n) is 15.4. The maximum atomic E-state index is 14.2. The van der Waals surface area contributed by atoms with Gasteiger partial charge in [0.25, 0.3) is 0 Å². The topological polar surface area (TPSA) is 86.0 Å². The van der Waals surface area contributed by atoms with Gasteiger partial charge in [-0.2, -0.15) is 0 Å². The number of hydrogen-bond donors (Lipinski definition) is 2. The Morgan fingerprint density at radius 3 is 2.79 bits per heavy atom. The molecular weight excluding hydrogens is 381 g/mol. The lowest BCUT2D eigenvalue weighted by Crippen LogP contribution is -2.27. The molecule has 3 N–H and O–H groups in total. The Balaban J connectivity index is 0.00000225. The number of nitrogens with two attached hydrogens (primary N) is 1. The van der Waals surface area contributed by atoms with E-state index in [0.717, 1.165) is 38.2 Å². The number of rotatable bonds is 5. The lowest BCUT2D eigenvalue weighted by Gasteiger charge is -2.22. The van der Waals surface area contributed by atoms with Crippen LogP contribution in [0.15, 0.2) is 36.7 Å². The van der Waals surface area contributed by atoms with Gasteiger partial charge in [-0.05, 0) is 61.2 Å². The number of benzene rings is 1. The van der Waals surface area contributed by atoms with Crippen molar-refractivity contribution in [2.75, 3.05) is 25.5 Å². The zero-order chi connectivity index (χ0) is 18.6. The molecule has 1 aromatic carbocycles. The Morgan fingerprint density at radius 1 is 1.14 bits per heavy atom. The lowest BCUT2D eigenvalue weighted by atomic mass is 10.0. The fraction of sp³-hybridized carbons (Fsp3) is 0.350. The van der Waals surface area contributed by atoms with Crippen molar-refractivity contribution >= 4 is 29.3 Å². The van der Waals surface area contributed by atoms with Crippen molar-refractivity contribution in [2.45, 2.75) is 19.4 Å². The van der Waals surface area contributed by atoms with E-state index in [0.29, 0.717) is 40.6 Å². The smallest absolute Gasteiger partial charge is 0.153 e. The van der Waals surface area contributed by atoms with E-state index in [1.165, 1.54) is 12.4 Å². The highest BCUT2D eigenvalue weighted by molar-refractivity contribution is 5.86. The standard InChI is InChI=1S/C20H22FN5O.ClH/c21-16-8-14(11-23-10-13-3-5-27-6-4-13)7-15(9-16)17-1-2-18-19(26-17)20(22)25-12-24-18;/h1-2,7-9,12-13,23H,3-6,10-11H2,(H2,22,24,25);1H. The van der Waals surface area contributed by atoms with Crippen molar-refractivity contribution in [3.63, 3.8) is 0 Å². The molecule has 0 spiro atoms. The number of fused-ring (bicyclic) bond motifs is 1. The summed E-state index contributed by atoms with van der Waals surface area (Å²) in [5.74, 6) is 0.656. The van der Waals surface area contributed by atoms with Gasteiger partial charge in [0.05, 0.1) is 11.2 Å². The number of aromatic nitrogens is 3. The van der Waals surface area contributed by atoms with E-state index in [9.17, 15) is 4.39 Å². The molecule has 0 bridgehead atoms. The Kier molecular flexibility index (Phi) is 6.72. The molecule has 2 aromatic heterocycles. The number of halogens is 2. The molecule has 0 radical (unpaired) electrons. The summed E-state index contributed by atoms with van der Waals surface area (Å²) in [6.07, 6.45) is 3.56. The predicted molar refractivity (Wildman–Crippen MR) is 110 cm³/mol. The van der Waals surface area contributed by atoms with Crippen LogP contribution in [0.2, 0.25) is 0 Å². The second kappa shape index (κ2) is 9.23. The van der Waals surface area contributed by atoms with Crippen LogP contribution in [0.1, 0.15) is 18.4 Å². The maximum Gasteiger partial charge on any atom is 0.153 e. The van der Waals surface area contributed by atoms with Crippen LogP contribution in [-0.2, 0) is 11.3 Å². The summed E-state index contributed by atoms with van der Waals surface area (Å²) >= 11 is 0. The Morgan fingerprint density at radius 2 is 1.96 bits per heavy atom. The summed E-state index contributed by atoms with van der Waals surface area (Å²) in [5.41, 5.74) is 9.33. The zero-order valence-corrected chi connectivity index (χ0v) is 16.2. The molecule has 1 fully saturated rings. The Bertz CT molecular complexity index is 949. The molecule has 1 aliphatic rings. The summed E-state index contributed by atoms with van der Waals surface area (Å²) < 4.78 is 19.5. The van der Waals surface area contributed by atoms with Crippen LogP contribution in [0.5, 0.6) is 0 Å². The van der Waals surface area contributed by atoms with Gasteiger partial charge in [-0.15, -0.1) is 12.4 Å². The number of nitrogens with zero attached hydrogens (tertiary/aromatic N) is 3. The molecule has 1 aliphatic heterocycles. The molecule has 3 aromatic rings. The van der Waals surface area contributed by atoms with E-state index in [4.69, 9.17) is 10.5 Å². The van der Waals surface area contributed by atoms with Gasteiger partial charge in [-0.3, -0.25) is 0 Å². The quantitative estimate of drug-likeness (QED) is 0.679. The third kappa shape index (κ3) is 4.73. The van der Waals surface area contributed by atoms with Crippen LogP contribution in [0.4, 0.5) is 10.2 Å². The van der Waals surface area contributed by atoms with E-state index in [-0.39, 0.29) is 18.2 Å². The molecule has 3 heterocycles. The third-order valence-corrected chi connectivity index (χ3v) is 4.87. The molecule has 6 nitrogen and oxygen atoms in total. The van der Waals surface area contributed by atoms with Crippen LogP contribution in [0.3, 0.4) is 0 Å². The van der Waals surface area contributed by atoms with E-state index < -0.39 is 0 Å². The molecule has 4 rings (SSSR count). The summed E-state index contributed by atoms with van der Waals surface area (Å²) in [6, 6.07) is 8.63. The molecule has 8 heteroatoms. The van der Waals surface area contributed by atoms with Crippen molar-refractivity contribution in [1.29, 1.82) is 0 Å². The van der Waals surface area contributed by atoms with Gasteiger partial charge in [-0.25, -0.2) is 19.3 Å². The van der Waals surface area contributed by atoms with E-state index in [2.05, 4.69) is 20.3 Å². The van der Waals surface area contributed by atoms with Crippen LogP contribution < -0.4 is 11.1 Å². The first-order chi connectivity index (χ1) is 13.2. The fourth-order valence-corrected chi connectivity index (χ4v) is 3.39. The molecule has 1 saturated heterocycles. The predicted octanol–water partition coefficient (Wildman–Crippen LogP) is 3.35. The van der Waals surface area contributed by atoms with Crippen molar-refractivity contribution < 1.29 is 9.13 Å². The highest BCUT2D eigenvalue weighted by Crippen LogP contribution is 2.24. The Labute approximate surface area is 169 Å². The first-order valence-corrected chi connectivity index (χ1v) is 9.14. The van der Waals surface area contributed by atoms with Gasteiger partial charge in [-0.1, -0.05) is 0 Å². The second-order valence-electron chi connectivity index (χ2n) is 6.86. The van der Waals surface area contributed by atoms with Crippen molar-refractivity contribution in [3.8, 4) is 11.3 Å². The molecule has 0 saturated carbocycles. The molecular formula is C20H23ClFN5O. The molecule has 0 amide bonds. The van der Waals surface area contributed by atoms with E-state index in [1.54, 1.807) is 6.07 Å². The average molecular weight is 404 g/mol. The van der Waals surface area contributed by atoms with Crippen molar-refractivity contribution in [3.05, 3.63) is 48.0 Å². The first kappa shape index (κ1) is 20.4. The average Bonchev–Trinajstić information content (AvgIpc) is 2.68. The van der Waals surface area contributed by atoms with Crippen molar-refractivity contribution in [1.82, 2.24) is 20.3 Å². The fourth-order valence-electron chi connectivity index (χ4n) is 3.39. The summed E-state index contributed by atoms with van der Waals surface area (Å²) in [7, 11) is 0. The van der Waals surface area contributed by atoms with Gasteiger partial charge >= 0.3 is 0 Å². The summed E-state index contributed by atoms with van der Waals surface area (Å²) in [6.45, 7) is 3.19. The molecule has 0 atom stereocenters. The van der Waals surface area contributed by atoms with Crippen LogP contribution in [0, 0.1) is 11.7 Å². The molecule has 148 valence electrons. The minimum absolute atomic E-state index is 0. The molecule has 28 heavy (non-hydrogen) atoms. The molecule has 0 unspecified atom stereocenters. The normalized spacial score (nSPS) is 14.8. The van der Waals surface area contributed by atoms with Gasteiger partial charge in [0.2, 0.25) is 0 Å². The van der Waals surface area contributed by atoms with E-state index >= 15 is 0 Å². The SMILES string of the molecule is Cl.Nc1ncnc2ccc(-c3cc(F)cc(CNCC4CCOCC4)c3)nc12. The summed E-state index contributed by atoms with van der Waals surface area (Å²) in [5, 5.41) is 3.43. The second-order valence-corrected chi connectivity index (χ2v) is 6.86. The number of anilines is 1. The highest BCUT2D eigenvalue weighted by Gasteiger charge is 2.13. The van der Waals surface area contributed by atoms with Crippen LogP contribution in [0.25, 0.3) is 22.3 Å². The summed E-state index contributed by atoms with van der Waals surface area (Å²) in [4.78, 5) is 12.7. The minimum atomic E-state index is -0.283. The van der Waals surface area contributed by atoms with E-state index in [1.807, 2.05) is 18.2 Å². The number of hydrogen-bond acceptors (Lipinski definition) is 6. The van der Waals surface area contributed by atoms with Crippen molar-refractivity contribution in [2.24, 2.45) is 5.92 Å². The number of pyridine rings is 1. The lowest BCUT2D eigenvalue weighted by molar-refractivity contribution is 0.0662. The number of ether oxygens (including phenoxy) is 1. The third-order valence-electron chi connectivity index (χ3n) is 4.87. The largest absolute Gasteiger partial charge is 0.382 e. The van der Waals surface area contributed by atoms with Gasteiger partial charge < -0.3 is 15.8 Å². The number of nitrogens with one attached hydrogen (secondary N) is 1. The van der Waals surface area contributed by atoms with Crippen LogP contribution in [-0.4, -0.2) is 34.7 Å². The van der Waals surface area contributed by atoms with Gasteiger partial charge in [0, 0.05) is 25.3 Å². The maximum absolute atomic E-state index is 14.2. The highest BCUT2D eigenvalue weighted by atomic mass is 35.5. The minimum Gasteiger partial charge on any atom is -0.382 e. The Hall–Kier alpha value is -2.35. The van der Waals surface area contributed by atoms with Crippen LogP contribution >= 0.6 is 12.4 Å².